The van der Waals surface area contributed by atoms with Crippen molar-refractivity contribution in [3.05, 3.63) is 30.3 Å². The van der Waals surface area contributed by atoms with Gasteiger partial charge in [0, 0.05) is 11.8 Å². The molecule has 1 rings (SSSR count). The Hall–Kier alpha value is -1.16. The lowest BCUT2D eigenvalue weighted by Crippen LogP contribution is -2.31. The molecule has 0 heterocycles. The molecule has 1 amide bonds. The SMILES string of the molecule is CC(C)NC(=O)CSCCOc1ccccc1. The van der Waals surface area contributed by atoms with Gasteiger partial charge in [-0.1, -0.05) is 18.2 Å². The maximum atomic E-state index is 11.3. The van der Waals surface area contributed by atoms with E-state index in [-0.39, 0.29) is 11.9 Å². The molecule has 0 spiro atoms. The van der Waals surface area contributed by atoms with Gasteiger partial charge in [0.2, 0.25) is 5.91 Å². The Bertz CT molecular complexity index is 327. The number of hydrogen-bond donors (Lipinski definition) is 1. The highest BCUT2D eigenvalue weighted by molar-refractivity contribution is 7.99. The van der Waals surface area contributed by atoms with Crippen LogP contribution in [0.1, 0.15) is 13.8 Å². The van der Waals surface area contributed by atoms with Gasteiger partial charge in [0.15, 0.2) is 0 Å². The van der Waals surface area contributed by atoms with Crippen molar-refractivity contribution in [2.45, 2.75) is 19.9 Å². The molecule has 0 unspecified atom stereocenters. The third-order valence-electron chi connectivity index (χ3n) is 1.92. The van der Waals surface area contributed by atoms with Crippen molar-refractivity contribution in [1.29, 1.82) is 0 Å². The van der Waals surface area contributed by atoms with Crippen molar-refractivity contribution in [3.63, 3.8) is 0 Å². The van der Waals surface area contributed by atoms with Crippen LogP contribution in [-0.2, 0) is 4.79 Å². The predicted molar refractivity (Wildman–Crippen MR) is 72.5 cm³/mol. The Balaban J connectivity index is 2.03. The Morgan fingerprint density at radius 1 is 1.35 bits per heavy atom. The lowest BCUT2D eigenvalue weighted by Gasteiger charge is -2.08. The number of ether oxygens (including phenoxy) is 1. The molecule has 0 aliphatic carbocycles. The van der Waals surface area contributed by atoms with Gasteiger partial charge >= 0.3 is 0 Å². The Morgan fingerprint density at radius 2 is 2.06 bits per heavy atom. The van der Waals surface area contributed by atoms with Gasteiger partial charge in [-0.05, 0) is 26.0 Å². The zero-order valence-electron chi connectivity index (χ0n) is 10.3. The van der Waals surface area contributed by atoms with E-state index < -0.39 is 0 Å². The Morgan fingerprint density at radius 3 is 2.71 bits per heavy atom. The minimum absolute atomic E-state index is 0.0877. The van der Waals surface area contributed by atoms with E-state index in [1.54, 1.807) is 11.8 Å². The summed E-state index contributed by atoms with van der Waals surface area (Å²) in [6.45, 7) is 4.55. The summed E-state index contributed by atoms with van der Waals surface area (Å²) in [5.41, 5.74) is 0. The van der Waals surface area contributed by atoms with Crippen LogP contribution in [-0.4, -0.2) is 30.1 Å². The minimum Gasteiger partial charge on any atom is -0.493 e. The molecule has 1 aromatic carbocycles. The molecular formula is C13H19NO2S. The number of hydrogen-bond acceptors (Lipinski definition) is 3. The van der Waals surface area contributed by atoms with E-state index in [1.165, 1.54) is 0 Å². The molecule has 1 aromatic rings. The molecular weight excluding hydrogens is 234 g/mol. The normalized spacial score (nSPS) is 10.3. The molecule has 0 radical (unpaired) electrons. The predicted octanol–water partition coefficient (Wildman–Crippen LogP) is 2.32. The fourth-order valence-corrected chi connectivity index (χ4v) is 1.88. The zero-order chi connectivity index (χ0) is 12.5. The van der Waals surface area contributed by atoms with Gasteiger partial charge in [-0.3, -0.25) is 4.79 Å². The summed E-state index contributed by atoms with van der Waals surface area (Å²) in [5, 5.41) is 2.85. The second-order valence-electron chi connectivity index (χ2n) is 3.94. The number of nitrogens with one attached hydrogen (secondary N) is 1. The Kier molecular flexibility index (Phi) is 6.55. The summed E-state index contributed by atoms with van der Waals surface area (Å²) in [7, 11) is 0. The molecule has 0 bridgehead atoms. The topological polar surface area (TPSA) is 38.3 Å². The smallest absolute Gasteiger partial charge is 0.230 e. The average Bonchev–Trinajstić information content (AvgIpc) is 2.29. The van der Waals surface area contributed by atoms with E-state index in [4.69, 9.17) is 4.74 Å². The van der Waals surface area contributed by atoms with Gasteiger partial charge in [-0.25, -0.2) is 0 Å². The maximum Gasteiger partial charge on any atom is 0.230 e. The van der Waals surface area contributed by atoms with Crippen LogP contribution in [0, 0.1) is 0 Å². The van der Waals surface area contributed by atoms with Gasteiger partial charge in [-0.15, -0.1) is 11.8 Å². The van der Waals surface area contributed by atoms with Crippen molar-refractivity contribution >= 4 is 17.7 Å². The first-order valence-corrected chi connectivity index (χ1v) is 6.89. The van der Waals surface area contributed by atoms with E-state index in [2.05, 4.69) is 5.32 Å². The molecule has 0 aromatic heterocycles. The molecule has 3 nitrogen and oxygen atoms in total. The molecule has 17 heavy (non-hydrogen) atoms. The van der Waals surface area contributed by atoms with Crippen molar-refractivity contribution in [1.82, 2.24) is 5.32 Å². The van der Waals surface area contributed by atoms with Gasteiger partial charge in [-0.2, -0.15) is 0 Å². The highest BCUT2D eigenvalue weighted by Crippen LogP contribution is 2.09. The van der Waals surface area contributed by atoms with Crippen LogP contribution < -0.4 is 10.1 Å². The van der Waals surface area contributed by atoms with E-state index in [0.29, 0.717) is 12.4 Å². The van der Waals surface area contributed by atoms with Crippen LogP contribution in [0.2, 0.25) is 0 Å². The van der Waals surface area contributed by atoms with E-state index in [0.717, 1.165) is 11.5 Å². The van der Waals surface area contributed by atoms with Gasteiger partial charge in [0.1, 0.15) is 5.75 Å². The van der Waals surface area contributed by atoms with E-state index in [9.17, 15) is 4.79 Å². The number of para-hydroxylation sites is 1. The highest BCUT2D eigenvalue weighted by Gasteiger charge is 2.02. The van der Waals surface area contributed by atoms with Crippen molar-refractivity contribution in [2.75, 3.05) is 18.1 Å². The van der Waals surface area contributed by atoms with Gasteiger partial charge in [0.25, 0.3) is 0 Å². The molecule has 0 saturated carbocycles. The molecule has 0 saturated heterocycles. The number of benzene rings is 1. The first-order valence-electron chi connectivity index (χ1n) is 5.73. The van der Waals surface area contributed by atoms with Crippen molar-refractivity contribution in [2.24, 2.45) is 0 Å². The second-order valence-corrected chi connectivity index (χ2v) is 5.04. The van der Waals surface area contributed by atoms with Crippen LogP contribution in [0.15, 0.2) is 30.3 Å². The monoisotopic (exact) mass is 253 g/mol. The summed E-state index contributed by atoms with van der Waals surface area (Å²) < 4.78 is 5.52. The van der Waals surface area contributed by atoms with E-state index in [1.807, 2.05) is 44.2 Å². The number of carbonyl (C=O) groups excluding carboxylic acids is 1. The number of amides is 1. The largest absolute Gasteiger partial charge is 0.493 e. The minimum atomic E-state index is 0.0877. The van der Waals surface area contributed by atoms with Gasteiger partial charge < -0.3 is 10.1 Å². The molecule has 0 aliphatic heterocycles. The molecule has 94 valence electrons. The zero-order valence-corrected chi connectivity index (χ0v) is 11.1. The summed E-state index contributed by atoms with van der Waals surface area (Å²) >= 11 is 1.59. The molecule has 0 aliphatic rings. The first kappa shape index (κ1) is 13.9. The molecule has 0 fully saturated rings. The summed E-state index contributed by atoms with van der Waals surface area (Å²) in [4.78, 5) is 11.3. The van der Waals surface area contributed by atoms with Crippen LogP contribution in [0.3, 0.4) is 0 Å². The second kappa shape index (κ2) is 8.01. The van der Waals surface area contributed by atoms with Crippen LogP contribution in [0.25, 0.3) is 0 Å². The molecule has 0 atom stereocenters. The Labute approximate surface area is 107 Å². The van der Waals surface area contributed by atoms with Crippen LogP contribution in [0.4, 0.5) is 0 Å². The van der Waals surface area contributed by atoms with Crippen LogP contribution in [0.5, 0.6) is 5.75 Å². The lowest BCUT2D eigenvalue weighted by atomic mass is 10.3. The van der Waals surface area contributed by atoms with Crippen molar-refractivity contribution < 1.29 is 9.53 Å². The third-order valence-corrected chi connectivity index (χ3v) is 2.84. The summed E-state index contributed by atoms with van der Waals surface area (Å²) in [6.07, 6.45) is 0. The molecule has 4 heteroatoms. The standard InChI is InChI=1S/C13H19NO2S/c1-11(2)14-13(15)10-17-9-8-16-12-6-4-3-5-7-12/h3-7,11H,8-10H2,1-2H3,(H,14,15). The number of rotatable bonds is 7. The highest BCUT2D eigenvalue weighted by atomic mass is 32.2. The quantitative estimate of drug-likeness (QED) is 0.758. The van der Waals surface area contributed by atoms with Crippen molar-refractivity contribution in [3.8, 4) is 5.75 Å². The van der Waals surface area contributed by atoms with Gasteiger partial charge in [0.05, 0.1) is 12.4 Å². The number of carbonyl (C=O) groups is 1. The summed E-state index contributed by atoms with van der Waals surface area (Å²) in [5.74, 6) is 2.28. The summed E-state index contributed by atoms with van der Waals surface area (Å²) in [6, 6.07) is 9.91. The number of thioether (sulfide) groups is 1. The fourth-order valence-electron chi connectivity index (χ4n) is 1.26. The first-order chi connectivity index (χ1) is 8.18. The lowest BCUT2D eigenvalue weighted by molar-refractivity contribution is -0.119. The van der Waals surface area contributed by atoms with E-state index >= 15 is 0 Å². The average molecular weight is 253 g/mol. The molecule has 1 N–H and O–H groups in total. The fraction of sp³-hybridized carbons (Fsp3) is 0.462. The van der Waals surface area contributed by atoms with Crippen LogP contribution >= 0.6 is 11.8 Å². The maximum absolute atomic E-state index is 11.3. The third kappa shape index (κ3) is 6.89.